The molecule has 0 unspecified atom stereocenters. The Kier molecular flexibility index (Phi) is 7.11. The average Bonchev–Trinajstić information content (AvgIpc) is 2.88. The Morgan fingerprint density at radius 1 is 1.02 bits per heavy atom. The van der Waals surface area contributed by atoms with Crippen molar-refractivity contribution < 1.29 is 27.8 Å². The molecule has 3 aromatic carbocycles. The van der Waals surface area contributed by atoms with Crippen LogP contribution in [0.5, 0.6) is 5.75 Å². The SMILES string of the molecule is Cc1ccc2c(c1)CN(S(C)(=O)=O)c1c(C)c([C@H](OC(C)(C)C)C(=O)O)c(-c3ccc4c(c3C)NCCO4)c(C)c1-2. The molecule has 218 valence electrons. The third-order valence-corrected chi connectivity index (χ3v) is 8.94. The predicted molar refractivity (Wildman–Crippen MR) is 162 cm³/mol. The summed E-state index contributed by atoms with van der Waals surface area (Å²) in [6, 6.07) is 9.95. The van der Waals surface area contributed by atoms with E-state index >= 15 is 0 Å². The van der Waals surface area contributed by atoms with Gasteiger partial charge in [-0.15, -0.1) is 0 Å². The lowest BCUT2D eigenvalue weighted by atomic mass is 9.79. The highest BCUT2D eigenvalue weighted by Gasteiger charge is 2.39. The van der Waals surface area contributed by atoms with Crippen molar-refractivity contribution >= 4 is 27.4 Å². The third kappa shape index (κ3) is 5.06. The van der Waals surface area contributed by atoms with Crippen LogP contribution in [-0.2, 0) is 26.1 Å². The van der Waals surface area contributed by atoms with Crippen LogP contribution in [0.25, 0.3) is 22.3 Å². The van der Waals surface area contributed by atoms with Crippen LogP contribution in [-0.4, -0.2) is 44.5 Å². The van der Waals surface area contributed by atoms with Crippen molar-refractivity contribution in [1.29, 1.82) is 0 Å². The molecule has 1 atom stereocenters. The van der Waals surface area contributed by atoms with Crippen molar-refractivity contribution in [3.8, 4) is 28.0 Å². The molecular formula is C32H38N2O6S. The average molecular weight is 579 g/mol. The minimum absolute atomic E-state index is 0.166. The van der Waals surface area contributed by atoms with Gasteiger partial charge in [0.25, 0.3) is 0 Å². The van der Waals surface area contributed by atoms with Crippen molar-refractivity contribution in [2.24, 2.45) is 0 Å². The molecule has 8 nitrogen and oxygen atoms in total. The number of fused-ring (bicyclic) bond motifs is 4. The van der Waals surface area contributed by atoms with E-state index in [-0.39, 0.29) is 6.54 Å². The van der Waals surface area contributed by atoms with Crippen LogP contribution in [0.1, 0.15) is 60.3 Å². The van der Waals surface area contributed by atoms with Gasteiger partial charge in [0.2, 0.25) is 10.0 Å². The quantitative estimate of drug-likeness (QED) is 0.367. The minimum Gasteiger partial charge on any atom is -0.490 e. The molecule has 5 rings (SSSR count). The number of aliphatic carboxylic acids is 1. The van der Waals surface area contributed by atoms with E-state index in [1.165, 1.54) is 10.6 Å². The van der Waals surface area contributed by atoms with Crippen LogP contribution in [0.4, 0.5) is 11.4 Å². The minimum atomic E-state index is -3.71. The summed E-state index contributed by atoms with van der Waals surface area (Å²) < 4.78 is 40.1. The molecule has 0 radical (unpaired) electrons. The standard InChI is InChI=1S/C32H38N2O6S/c1-17-9-10-23-21(15-17)16-34(41(8,37)38)29-20(4)27(30(31(35)36)40-32(5,6)7)25(19(3)26(23)29)22-11-12-24-28(18(22)2)33-13-14-39-24/h9-12,15,30,33H,13-14,16H2,1-8H3,(H,35,36)/t30-/m0/s1. The Labute approximate surface area is 242 Å². The number of nitrogens with zero attached hydrogens (tertiary/aromatic N) is 1. The van der Waals surface area contributed by atoms with Gasteiger partial charge in [-0.25, -0.2) is 13.2 Å². The fourth-order valence-electron chi connectivity index (χ4n) is 6.16. The zero-order valence-corrected chi connectivity index (χ0v) is 25.7. The molecule has 2 aliphatic rings. The van der Waals surface area contributed by atoms with Gasteiger partial charge < -0.3 is 19.9 Å². The number of anilines is 2. The number of hydrogen-bond donors (Lipinski definition) is 2. The van der Waals surface area contributed by atoms with Crippen LogP contribution in [0, 0.1) is 27.7 Å². The van der Waals surface area contributed by atoms with E-state index in [1.54, 1.807) is 0 Å². The molecule has 9 heteroatoms. The predicted octanol–water partition coefficient (Wildman–Crippen LogP) is 6.28. The van der Waals surface area contributed by atoms with E-state index in [0.717, 1.165) is 55.9 Å². The number of rotatable bonds is 5. The van der Waals surface area contributed by atoms with Crippen molar-refractivity contribution in [2.45, 2.75) is 66.7 Å². The topological polar surface area (TPSA) is 105 Å². The second kappa shape index (κ2) is 10.1. The monoisotopic (exact) mass is 578 g/mol. The number of ether oxygens (including phenoxy) is 2. The lowest BCUT2D eigenvalue weighted by Gasteiger charge is -2.37. The number of carboxylic acids is 1. The maximum Gasteiger partial charge on any atom is 0.337 e. The van der Waals surface area contributed by atoms with Gasteiger partial charge >= 0.3 is 5.97 Å². The zero-order chi connectivity index (χ0) is 30.0. The van der Waals surface area contributed by atoms with Crippen LogP contribution in [0.15, 0.2) is 30.3 Å². The molecule has 0 fully saturated rings. The van der Waals surface area contributed by atoms with E-state index in [1.807, 2.05) is 78.8 Å². The number of carbonyl (C=O) groups is 1. The number of hydrogen-bond acceptors (Lipinski definition) is 6. The summed E-state index contributed by atoms with van der Waals surface area (Å²) in [6.45, 7) is 14.6. The first kappa shape index (κ1) is 29.0. The van der Waals surface area contributed by atoms with Crippen molar-refractivity contribution in [2.75, 3.05) is 29.0 Å². The molecule has 2 aliphatic heterocycles. The Balaban J connectivity index is 1.96. The summed E-state index contributed by atoms with van der Waals surface area (Å²) >= 11 is 0. The molecule has 2 heterocycles. The molecule has 0 amide bonds. The summed E-state index contributed by atoms with van der Waals surface area (Å²) in [6.07, 6.45) is -0.144. The highest BCUT2D eigenvalue weighted by atomic mass is 32.2. The number of aryl methyl sites for hydroxylation is 1. The summed E-state index contributed by atoms with van der Waals surface area (Å²) in [5, 5.41) is 14.0. The van der Waals surface area contributed by atoms with Gasteiger partial charge in [-0.3, -0.25) is 4.31 Å². The Morgan fingerprint density at radius 2 is 1.71 bits per heavy atom. The summed E-state index contributed by atoms with van der Waals surface area (Å²) in [5.41, 5.74) is 8.56. The molecule has 0 bridgehead atoms. The maximum absolute atomic E-state index is 13.3. The largest absolute Gasteiger partial charge is 0.490 e. The van der Waals surface area contributed by atoms with Crippen LogP contribution in [0.2, 0.25) is 0 Å². The highest BCUT2D eigenvalue weighted by molar-refractivity contribution is 7.92. The smallest absolute Gasteiger partial charge is 0.337 e. The summed E-state index contributed by atoms with van der Waals surface area (Å²) in [7, 11) is -3.71. The van der Waals surface area contributed by atoms with Crippen LogP contribution in [0.3, 0.4) is 0 Å². The molecule has 0 saturated heterocycles. The normalized spacial score (nSPS) is 15.3. The number of nitrogens with one attached hydrogen (secondary N) is 1. The van der Waals surface area contributed by atoms with Gasteiger partial charge in [0, 0.05) is 17.7 Å². The molecule has 0 spiro atoms. The Hall–Kier alpha value is -3.56. The van der Waals surface area contributed by atoms with Crippen LogP contribution >= 0.6 is 0 Å². The lowest BCUT2D eigenvalue weighted by Crippen LogP contribution is -2.34. The Bertz CT molecular complexity index is 1690. The van der Waals surface area contributed by atoms with Gasteiger partial charge in [-0.2, -0.15) is 0 Å². The molecule has 2 N–H and O–H groups in total. The first-order chi connectivity index (χ1) is 19.1. The molecule has 41 heavy (non-hydrogen) atoms. The number of sulfonamides is 1. The fourth-order valence-corrected chi connectivity index (χ4v) is 7.09. The van der Waals surface area contributed by atoms with Gasteiger partial charge in [0.1, 0.15) is 12.4 Å². The molecule has 3 aromatic rings. The molecule has 0 aromatic heterocycles. The van der Waals surface area contributed by atoms with Gasteiger partial charge in [-0.1, -0.05) is 29.8 Å². The maximum atomic E-state index is 13.3. The third-order valence-electron chi connectivity index (χ3n) is 7.82. The second-order valence-electron chi connectivity index (χ2n) is 12.0. The van der Waals surface area contributed by atoms with Crippen molar-refractivity contribution in [3.63, 3.8) is 0 Å². The molecule has 0 aliphatic carbocycles. The lowest BCUT2D eigenvalue weighted by molar-refractivity contribution is -0.160. The zero-order valence-electron chi connectivity index (χ0n) is 24.9. The van der Waals surface area contributed by atoms with Crippen molar-refractivity contribution in [3.05, 3.63) is 63.7 Å². The van der Waals surface area contributed by atoms with E-state index in [0.29, 0.717) is 30.0 Å². The van der Waals surface area contributed by atoms with Crippen LogP contribution < -0.4 is 14.4 Å². The van der Waals surface area contributed by atoms with E-state index in [9.17, 15) is 18.3 Å². The second-order valence-corrected chi connectivity index (χ2v) is 13.9. The van der Waals surface area contributed by atoms with Gasteiger partial charge in [0.05, 0.1) is 29.8 Å². The summed E-state index contributed by atoms with van der Waals surface area (Å²) in [4.78, 5) is 12.9. The first-order valence-electron chi connectivity index (χ1n) is 13.8. The number of carboxylic acid groups (broad SMARTS) is 1. The molecular weight excluding hydrogens is 540 g/mol. The molecule has 0 saturated carbocycles. The highest BCUT2D eigenvalue weighted by Crippen LogP contribution is 2.52. The first-order valence-corrected chi connectivity index (χ1v) is 15.6. The Morgan fingerprint density at radius 3 is 2.34 bits per heavy atom. The van der Waals surface area contributed by atoms with E-state index in [2.05, 4.69) is 5.32 Å². The van der Waals surface area contributed by atoms with Gasteiger partial charge in [-0.05, 0) is 93.5 Å². The van der Waals surface area contributed by atoms with Crippen molar-refractivity contribution in [1.82, 2.24) is 0 Å². The van der Waals surface area contributed by atoms with E-state index in [4.69, 9.17) is 9.47 Å². The summed E-state index contributed by atoms with van der Waals surface area (Å²) in [5.74, 6) is -0.394. The fraction of sp³-hybridized carbons (Fsp3) is 0.406. The van der Waals surface area contributed by atoms with E-state index < -0.39 is 27.7 Å². The van der Waals surface area contributed by atoms with Gasteiger partial charge in [0.15, 0.2) is 6.10 Å². The number of benzene rings is 3.